The van der Waals surface area contributed by atoms with Crippen molar-refractivity contribution in [1.82, 2.24) is 24.1 Å². The molecule has 0 radical (unpaired) electrons. The maximum absolute atomic E-state index is 13.7. The molecule has 2 fully saturated rings. The van der Waals surface area contributed by atoms with Crippen LogP contribution in [0.3, 0.4) is 0 Å². The number of fused-ring (bicyclic) bond motifs is 2. The summed E-state index contributed by atoms with van der Waals surface area (Å²) in [7, 11) is 3.26. The highest BCUT2D eigenvalue weighted by Crippen LogP contribution is 2.29. The molecule has 194 valence electrons. The van der Waals surface area contributed by atoms with Gasteiger partial charge in [-0.3, -0.25) is 9.36 Å². The van der Waals surface area contributed by atoms with Gasteiger partial charge in [0.2, 0.25) is 5.88 Å². The zero-order valence-corrected chi connectivity index (χ0v) is 21.0. The third-order valence-corrected chi connectivity index (χ3v) is 6.99. The number of hydrogen-bond donors (Lipinski definition) is 0. The molecule has 2 atom stereocenters. The second-order valence-electron chi connectivity index (χ2n) is 9.37. The van der Waals surface area contributed by atoms with Crippen LogP contribution in [0, 0.1) is 0 Å². The van der Waals surface area contributed by atoms with Crippen LogP contribution in [-0.2, 0) is 27.2 Å². The van der Waals surface area contributed by atoms with E-state index in [-0.39, 0.29) is 17.8 Å². The number of aromatic nitrogens is 5. The van der Waals surface area contributed by atoms with Gasteiger partial charge in [-0.05, 0) is 30.2 Å². The van der Waals surface area contributed by atoms with Crippen LogP contribution in [0.4, 0.5) is 5.69 Å². The van der Waals surface area contributed by atoms with Gasteiger partial charge in [-0.25, -0.2) is 14.5 Å². The molecule has 0 saturated carbocycles. The van der Waals surface area contributed by atoms with Crippen molar-refractivity contribution in [2.75, 3.05) is 52.0 Å². The van der Waals surface area contributed by atoms with E-state index in [2.05, 4.69) is 15.0 Å². The Morgan fingerprint density at radius 2 is 2.05 bits per heavy atom. The van der Waals surface area contributed by atoms with Gasteiger partial charge in [0, 0.05) is 57.3 Å². The van der Waals surface area contributed by atoms with Gasteiger partial charge < -0.3 is 23.8 Å². The van der Waals surface area contributed by atoms with Gasteiger partial charge in [0.05, 0.1) is 43.9 Å². The minimum Gasteiger partial charge on any atom is -0.480 e. The predicted molar refractivity (Wildman–Crippen MR) is 136 cm³/mol. The summed E-state index contributed by atoms with van der Waals surface area (Å²) in [5, 5.41) is 4.94. The SMILES string of the molecule is COC[C@H]1CN(c2ccc3c(=O)n(CCc4cnc5cc(OC)nn5c4)c([C@H]4CCO4)nc3c2)CCO1. The van der Waals surface area contributed by atoms with Crippen molar-refractivity contribution in [3.63, 3.8) is 0 Å². The van der Waals surface area contributed by atoms with Crippen LogP contribution in [0.2, 0.25) is 0 Å². The lowest BCUT2D eigenvalue weighted by atomic mass is 10.1. The van der Waals surface area contributed by atoms with Gasteiger partial charge in [-0.2, -0.15) is 0 Å². The Kier molecular flexibility index (Phi) is 6.49. The molecule has 0 spiro atoms. The lowest BCUT2D eigenvalue weighted by Crippen LogP contribution is -2.44. The largest absolute Gasteiger partial charge is 0.480 e. The summed E-state index contributed by atoms with van der Waals surface area (Å²) in [6.07, 6.45) is 5.01. The molecule has 0 bridgehead atoms. The first-order valence-corrected chi connectivity index (χ1v) is 12.5. The van der Waals surface area contributed by atoms with Gasteiger partial charge >= 0.3 is 0 Å². The van der Waals surface area contributed by atoms with Crippen molar-refractivity contribution in [2.24, 2.45) is 0 Å². The molecule has 0 N–H and O–H groups in total. The number of anilines is 1. The molecule has 11 nitrogen and oxygen atoms in total. The van der Waals surface area contributed by atoms with E-state index in [1.54, 1.807) is 35.6 Å². The van der Waals surface area contributed by atoms with Crippen LogP contribution in [-0.4, -0.2) is 77.4 Å². The fourth-order valence-corrected chi connectivity index (χ4v) is 4.93. The molecule has 2 aliphatic rings. The predicted octanol–water partition coefficient (Wildman–Crippen LogP) is 2.00. The first-order chi connectivity index (χ1) is 18.1. The normalized spacial score (nSPS) is 19.9. The van der Waals surface area contributed by atoms with Gasteiger partial charge in [0.25, 0.3) is 5.56 Å². The molecule has 2 aliphatic heterocycles. The number of rotatable bonds is 8. The maximum Gasteiger partial charge on any atom is 0.261 e. The molecule has 5 heterocycles. The number of hydrogen-bond acceptors (Lipinski definition) is 9. The Bertz CT molecular complexity index is 1480. The number of morpholine rings is 1. The smallest absolute Gasteiger partial charge is 0.261 e. The Labute approximate surface area is 213 Å². The number of nitrogens with zero attached hydrogens (tertiary/aromatic N) is 6. The molecule has 3 aromatic heterocycles. The van der Waals surface area contributed by atoms with Crippen molar-refractivity contribution in [3.8, 4) is 5.88 Å². The Balaban J connectivity index is 1.30. The molecule has 0 unspecified atom stereocenters. The van der Waals surface area contributed by atoms with Gasteiger partial charge in [0.1, 0.15) is 11.9 Å². The lowest BCUT2D eigenvalue weighted by Gasteiger charge is -2.34. The highest BCUT2D eigenvalue weighted by Gasteiger charge is 2.27. The Hall–Kier alpha value is -3.54. The summed E-state index contributed by atoms with van der Waals surface area (Å²) in [6, 6.07) is 7.65. The molecule has 11 heteroatoms. The minimum absolute atomic E-state index is 0.0193. The number of ether oxygens (including phenoxy) is 4. The summed E-state index contributed by atoms with van der Waals surface area (Å²) in [6.45, 7) is 3.83. The van der Waals surface area contributed by atoms with Crippen LogP contribution in [0.25, 0.3) is 16.6 Å². The van der Waals surface area contributed by atoms with E-state index in [0.29, 0.717) is 61.0 Å². The minimum atomic E-state index is -0.175. The van der Waals surface area contributed by atoms with Crippen molar-refractivity contribution >= 4 is 22.2 Å². The third kappa shape index (κ3) is 4.65. The maximum atomic E-state index is 13.7. The van der Waals surface area contributed by atoms with E-state index in [4.69, 9.17) is 23.9 Å². The molecule has 4 aromatic rings. The molecule has 37 heavy (non-hydrogen) atoms. The first-order valence-electron chi connectivity index (χ1n) is 12.5. The van der Waals surface area contributed by atoms with Gasteiger partial charge in [0.15, 0.2) is 5.65 Å². The van der Waals surface area contributed by atoms with E-state index < -0.39 is 0 Å². The average molecular weight is 507 g/mol. The standard InChI is InChI=1S/C26H30N6O5/c1-34-16-19-15-30(8-10-36-19)18-3-4-20-21(11-18)28-25(22-6-9-37-22)31(26(20)33)7-5-17-13-27-23-12-24(35-2)29-32(23)14-17/h3-4,11-14,19,22H,5-10,15-16H2,1-2H3/t19-,22-/m1/s1. The number of methoxy groups -OCH3 is 2. The summed E-state index contributed by atoms with van der Waals surface area (Å²) in [5.74, 6) is 1.18. The van der Waals surface area contributed by atoms with E-state index >= 15 is 0 Å². The van der Waals surface area contributed by atoms with Crippen LogP contribution in [0.15, 0.2) is 41.5 Å². The average Bonchev–Trinajstić information content (AvgIpc) is 3.30. The van der Waals surface area contributed by atoms with Gasteiger partial charge in [-0.15, -0.1) is 5.10 Å². The molecule has 1 aromatic carbocycles. The van der Waals surface area contributed by atoms with Crippen LogP contribution in [0.5, 0.6) is 5.88 Å². The summed E-state index contributed by atoms with van der Waals surface area (Å²) in [5.41, 5.74) is 3.32. The quantitative estimate of drug-likeness (QED) is 0.355. The van der Waals surface area contributed by atoms with Crippen molar-refractivity contribution in [2.45, 2.75) is 31.6 Å². The van der Waals surface area contributed by atoms with Gasteiger partial charge in [-0.1, -0.05) is 0 Å². The van der Waals surface area contributed by atoms with Crippen LogP contribution >= 0.6 is 0 Å². The highest BCUT2D eigenvalue weighted by molar-refractivity contribution is 5.81. The van der Waals surface area contributed by atoms with E-state index in [9.17, 15) is 4.79 Å². The highest BCUT2D eigenvalue weighted by atomic mass is 16.5. The molecule has 2 saturated heterocycles. The fraction of sp³-hybridized carbons (Fsp3) is 0.462. The molecular weight excluding hydrogens is 476 g/mol. The summed E-state index contributed by atoms with van der Waals surface area (Å²) in [4.78, 5) is 25.3. The van der Waals surface area contributed by atoms with Crippen LogP contribution in [0.1, 0.15) is 23.9 Å². The molecule has 6 rings (SSSR count). The van der Waals surface area contributed by atoms with E-state index in [1.807, 2.05) is 24.4 Å². The second-order valence-corrected chi connectivity index (χ2v) is 9.37. The molecule has 0 aliphatic carbocycles. The fourth-order valence-electron chi connectivity index (χ4n) is 4.93. The monoisotopic (exact) mass is 506 g/mol. The zero-order chi connectivity index (χ0) is 25.4. The molecule has 0 amide bonds. The van der Waals surface area contributed by atoms with E-state index in [1.165, 1.54) is 0 Å². The number of benzene rings is 1. The Morgan fingerprint density at radius 3 is 2.84 bits per heavy atom. The second kappa shape index (κ2) is 10.1. The van der Waals surface area contributed by atoms with Crippen molar-refractivity contribution in [1.29, 1.82) is 0 Å². The summed E-state index contributed by atoms with van der Waals surface area (Å²) < 4.78 is 25.5. The first kappa shape index (κ1) is 23.8. The van der Waals surface area contributed by atoms with Crippen molar-refractivity contribution in [3.05, 3.63) is 58.4 Å². The molecular formula is C26H30N6O5. The number of aryl methyl sites for hydroxylation is 1. The lowest BCUT2D eigenvalue weighted by molar-refractivity contribution is -0.0604. The summed E-state index contributed by atoms with van der Waals surface area (Å²) >= 11 is 0. The van der Waals surface area contributed by atoms with Crippen LogP contribution < -0.4 is 15.2 Å². The topological polar surface area (TPSA) is 105 Å². The Morgan fingerprint density at radius 1 is 1.16 bits per heavy atom. The van der Waals surface area contributed by atoms with E-state index in [0.717, 1.165) is 30.8 Å². The zero-order valence-electron chi connectivity index (χ0n) is 21.0. The third-order valence-electron chi connectivity index (χ3n) is 6.99. The van der Waals surface area contributed by atoms with Crippen molar-refractivity contribution < 1.29 is 18.9 Å².